The molecule has 1 aliphatic heterocycles. The summed E-state index contributed by atoms with van der Waals surface area (Å²) in [6.07, 6.45) is 4.10. The smallest absolute Gasteiger partial charge is 0.407 e. The van der Waals surface area contributed by atoms with Crippen molar-refractivity contribution in [2.24, 2.45) is 0 Å². The lowest BCUT2D eigenvalue weighted by Crippen LogP contribution is -2.45. The molecule has 0 bridgehead atoms. The Kier molecular flexibility index (Phi) is 7.22. The van der Waals surface area contributed by atoms with Crippen molar-refractivity contribution in [2.45, 2.75) is 69.4 Å². The van der Waals surface area contributed by atoms with Gasteiger partial charge in [0.1, 0.15) is 5.60 Å². The van der Waals surface area contributed by atoms with E-state index in [1.54, 1.807) is 0 Å². The monoisotopic (exact) mass is 346 g/mol. The first kappa shape index (κ1) is 18.3. The van der Waals surface area contributed by atoms with E-state index >= 15 is 0 Å². The van der Waals surface area contributed by atoms with Crippen LogP contribution in [0.2, 0.25) is 0 Å². The number of hydrogen-bond donors (Lipinski definition) is 2. The summed E-state index contributed by atoms with van der Waals surface area (Å²) in [5, 5.41) is 7.50. The topological polar surface area (TPSA) is 50.4 Å². The van der Waals surface area contributed by atoms with Crippen LogP contribution in [0.4, 0.5) is 4.79 Å². The Morgan fingerprint density at radius 1 is 1.14 bits per heavy atom. The highest BCUT2D eigenvalue weighted by molar-refractivity contribution is 8.06. The van der Waals surface area contributed by atoms with Crippen molar-refractivity contribution >= 4 is 29.6 Å². The minimum absolute atomic E-state index is 0.271. The molecule has 1 heterocycles. The second-order valence-electron chi connectivity index (χ2n) is 7.17. The van der Waals surface area contributed by atoms with Gasteiger partial charge in [-0.15, -0.1) is 0 Å². The average Bonchev–Trinajstić information content (AvgIpc) is 2.45. The van der Waals surface area contributed by atoms with E-state index in [0.29, 0.717) is 6.04 Å². The van der Waals surface area contributed by atoms with Gasteiger partial charge in [0.2, 0.25) is 0 Å². The molecule has 1 atom stereocenters. The first-order chi connectivity index (χ1) is 10.4. The summed E-state index contributed by atoms with van der Waals surface area (Å²) in [4.78, 5) is 11.8. The number of amides is 1. The summed E-state index contributed by atoms with van der Waals surface area (Å²) >= 11 is 4.19. The lowest BCUT2D eigenvalue weighted by molar-refractivity contribution is 0.0490. The Morgan fingerprint density at radius 2 is 1.82 bits per heavy atom. The number of hydrogen-bond acceptors (Lipinski definition) is 5. The van der Waals surface area contributed by atoms with E-state index in [2.05, 4.69) is 34.2 Å². The minimum Gasteiger partial charge on any atom is -0.444 e. The van der Waals surface area contributed by atoms with Crippen molar-refractivity contribution < 1.29 is 9.53 Å². The molecule has 1 saturated heterocycles. The van der Waals surface area contributed by atoms with E-state index in [1.165, 1.54) is 17.3 Å². The summed E-state index contributed by atoms with van der Waals surface area (Å²) in [6, 6.07) is 0.886. The highest BCUT2D eigenvalue weighted by Crippen LogP contribution is 2.24. The quantitative estimate of drug-likeness (QED) is 0.818. The molecule has 1 aliphatic carbocycles. The van der Waals surface area contributed by atoms with Gasteiger partial charge in [-0.1, -0.05) is 0 Å². The van der Waals surface area contributed by atoms with Crippen LogP contribution >= 0.6 is 23.5 Å². The van der Waals surface area contributed by atoms with Crippen LogP contribution in [-0.4, -0.2) is 52.8 Å². The van der Waals surface area contributed by atoms with Crippen LogP contribution in [0.1, 0.15) is 46.5 Å². The van der Waals surface area contributed by atoms with E-state index in [-0.39, 0.29) is 12.1 Å². The van der Waals surface area contributed by atoms with Crippen LogP contribution in [0.25, 0.3) is 0 Å². The van der Waals surface area contributed by atoms with Crippen molar-refractivity contribution in [1.29, 1.82) is 0 Å². The van der Waals surface area contributed by atoms with Gasteiger partial charge in [0, 0.05) is 41.1 Å². The molecule has 2 fully saturated rings. The highest BCUT2D eigenvalue weighted by atomic mass is 32.2. The van der Waals surface area contributed by atoms with Gasteiger partial charge < -0.3 is 15.4 Å². The second-order valence-corrected chi connectivity index (χ2v) is 9.73. The van der Waals surface area contributed by atoms with E-state index in [9.17, 15) is 4.79 Å². The zero-order chi connectivity index (χ0) is 16.0. The van der Waals surface area contributed by atoms with Crippen molar-refractivity contribution in [3.63, 3.8) is 0 Å². The molecule has 0 aromatic heterocycles. The van der Waals surface area contributed by atoms with Crippen molar-refractivity contribution in [3.05, 3.63) is 0 Å². The Morgan fingerprint density at radius 3 is 2.41 bits per heavy atom. The van der Waals surface area contributed by atoms with Gasteiger partial charge in [-0.05, 0) is 46.5 Å². The normalized spacial score (nSPS) is 29.9. The molecular formula is C16H30N2O2S2. The van der Waals surface area contributed by atoms with Crippen LogP contribution in [0, 0.1) is 0 Å². The molecule has 2 aliphatic rings. The molecule has 2 N–H and O–H groups in total. The number of thioether (sulfide) groups is 2. The van der Waals surface area contributed by atoms with Crippen LogP contribution < -0.4 is 10.6 Å². The molecule has 1 amide bonds. The number of ether oxygens (including phenoxy) is 1. The molecule has 0 aromatic rings. The molecule has 0 aromatic carbocycles. The third kappa shape index (κ3) is 7.01. The second kappa shape index (κ2) is 8.69. The molecule has 2 rings (SSSR count). The molecular weight excluding hydrogens is 316 g/mol. The van der Waals surface area contributed by atoms with E-state index in [1.807, 2.05) is 20.8 Å². The lowest BCUT2D eigenvalue weighted by Gasteiger charge is -2.32. The fourth-order valence-corrected chi connectivity index (χ4v) is 5.49. The lowest BCUT2D eigenvalue weighted by atomic mass is 9.91. The van der Waals surface area contributed by atoms with Crippen LogP contribution in [0.3, 0.4) is 0 Å². The average molecular weight is 347 g/mol. The van der Waals surface area contributed by atoms with Crippen molar-refractivity contribution in [1.82, 2.24) is 10.6 Å². The number of nitrogens with one attached hydrogen (secondary N) is 2. The van der Waals surface area contributed by atoms with Gasteiger partial charge in [0.05, 0.1) is 0 Å². The fraction of sp³-hybridized carbons (Fsp3) is 0.938. The van der Waals surface area contributed by atoms with E-state index < -0.39 is 5.60 Å². The maximum absolute atomic E-state index is 11.8. The Bertz CT molecular complexity index is 347. The molecule has 0 spiro atoms. The molecule has 1 saturated carbocycles. The Balaban J connectivity index is 1.60. The molecule has 1 unspecified atom stereocenters. The third-order valence-corrected chi connectivity index (χ3v) is 6.81. The van der Waals surface area contributed by atoms with Gasteiger partial charge >= 0.3 is 6.09 Å². The highest BCUT2D eigenvalue weighted by Gasteiger charge is 2.25. The largest absolute Gasteiger partial charge is 0.444 e. The number of alkyl carbamates (subject to hydrolysis) is 1. The SMILES string of the molecule is CC(C)(C)OC(=O)NC1CCC(NCC2CSCCS2)CC1. The van der Waals surface area contributed by atoms with Gasteiger partial charge in [0.15, 0.2) is 0 Å². The zero-order valence-corrected chi connectivity index (χ0v) is 15.7. The maximum Gasteiger partial charge on any atom is 0.407 e. The first-order valence-corrected chi connectivity index (χ1v) is 10.5. The predicted molar refractivity (Wildman–Crippen MR) is 97.0 cm³/mol. The zero-order valence-electron chi connectivity index (χ0n) is 14.0. The molecule has 4 nitrogen and oxygen atoms in total. The van der Waals surface area contributed by atoms with E-state index in [0.717, 1.165) is 37.5 Å². The molecule has 6 heteroatoms. The predicted octanol–water partition coefficient (Wildman–Crippen LogP) is 3.26. The summed E-state index contributed by atoms with van der Waals surface area (Å²) in [5.41, 5.74) is -0.418. The number of carbonyl (C=O) groups excluding carboxylic acids is 1. The van der Waals surface area contributed by atoms with Crippen molar-refractivity contribution in [2.75, 3.05) is 23.8 Å². The molecule has 22 heavy (non-hydrogen) atoms. The van der Waals surface area contributed by atoms with Crippen molar-refractivity contribution in [3.8, 4) is 0 Å². The van der Waals surface area contributed by atoms with Gasteiger partial charge in [-0.3, -0.25) is 0 Å². The van der Waals surface area contributed by atoms with Gasteiger partial charge in [-0.2, -0.15) is 23.5 Å². The Labute approximate surface area is 143 Å². The van der Waals surface area contributed by atoms with Gasteiger partial charge in [-0.25, -0.2) is 4.79 Å². The summed E-state index contributed by atoms with van der Waals surface area (Å²) in [5.74, 6) is 3.89. The van der Waals surface area contributed by atoms with Gasteiger partial charge in [0.25, 0.3) is 0 Å². The van der Waals surface area contributed by atoms with E-state index in [4.69, 9.17) is 4.74 Å². The standard InChI is InChI=1S/C16H30N2O2S2/c1-16(2,3)20-15(19)18-13-6-4-12(5-7-13)17-10-14-11-21-8-9-22-14/h12-14,17H,4-11H2,1-3H3,(H,18,19). The van der Waals surface area contributed by atoms with Crippen LogP contribution in [0.5, 0.6) is 0 Å². The summed E-state index contributed by atoms with van der Waals surface area (Å²) in [6.45, 7) is 6.82. The maximum atomic E-state index is 11.8. The van der Waals surface area contributed by atoms with Crippen LogP contribution in [-0.2, 0) is 4.74 Å². The van der Waals surface area contributed by atoms with Crippen LogP contribution in [0.15, 0.2) is 0 Å². The number of rotatable bonds is 4. The summed E-state index contributed by atoms with van der Waals surface area (Å²) < 4.78 is 5.32. The summed E-state index contributed by atoms with van der Waals surface area (Å²) in [7, 11) is 0. The molecule has 128 valence electrons. The number of carbonyl (C=O) groups is 1. The minimum atomic E-state index is -0.418. The third-order valence-electron chi connectivity index (χ3n) is 3.97. The fourth-order valence-electron chi connectivity index (χ4n) is 2.87. The Hall–Kier alpha value is -0.0700. The first-order valence-electron chi connectivity index (χ1n) is 8.34. The molecule has 0 radical (unpaired) electrons.